The summed E-state index contributed by atoms with van der Waals surface area (Å²) in [5, 5.41) is 3.80. The Morgan fingerprint density at radius 3 is 2.73 bits per heavy atom. The number of hydrogen-bond acceptors (Lipinski definition) is 5. The number of hydrogen-bond donors (Lipinski definition) is 1. The van der Waals surface area contributed by atoms with Crippen LogP contribution in [0.1, 0.15) is 18.8 Å². The zero-order valence-corrected chi connectivity index (χ0v) is 11.7. The first-order valence-corrected chi connectivity index (χ1v) is 6.52. The molecule has 1 unspecified atom stereocenters. The van der Waals surface area contributed by atoms with Gasteiger partial charge in [0.05, 0.1) is 19.2 Å². The topological polar surface area (TPSA) is 64.9 Å². The molecule has 0 aliphatic carbocycles. The van der Waals surface area contributed by atoms with E-state index < -0.39 is 0 Å². The molecule has 0 saturated heterocycles. The number of halogens is 2. The predicted molar refractivity (Wildman–Crippen MR) is 65.6 cm³/mol. The van der Waals surface area contributed by atoms with Gasteiger partial charge in [-0.3, -0.25) is 0 Å². The molecule has 80 valence electrons. The Hall–Kier alpha value is -0.240. The van der Waals surface area contributed by atoms with Gasteiger partial charge in [0.2, 0.25) is 0 Å². The van der Waals surface area contributed by atoms with E-state index >= 15 is 0 Å². The summed E-state index contributed by atoms with van der Waals surface area (Å²) >= 11 is 8.38. The highest BCUT2D eigenvalue weighted by Crippen LogP contribution is 2.37. The van der Waals surface area contributed by atoms with Gasteiger partial charge in [-0.05, 0) is 44.8 Å². The van der Waals surface area contributed by atoms with E-state index in [0.717, 1.165) is 13.1 Å². The fourth-order valence-electron chi connectivity index (χ4n) is 1.02. The first-order valence-electron chi connectivity index (χ1n) is 4.12. The minimum atomic E-state index is -0.219. The monoisotopic (exact) mass is 351 g/mol. The van der Waals surface area contributed by atoms with Crippen LogP contribution in [0, 0.1) is 0 Å². The highest BCUT2D eigenvalue weighted by Gasteiger charge is 2.16. The molecule has 0 amide bonds. The van der Waals surface area contributed by atoms with Gasteiger partial charge in [-0.25, -0.2) is 0 Å². The molecule has 2 rings (SSSR count). The average Bonchev–Trinajstić information content (AvgIpc) is 2.71. The molecule has 0 aromatic carbocycles. The number of nitrogens with zero attached hydrogens (tertiary/aromatic N) is 2. The molecule has 0 spiro atoms. The molecule has 4 nitrogen and oxygen atoms in total. The maximum Gasteiger partial charge on any atom is 0.260 e. The van der Waals surface area contributed by atoms with Gasteiger partial charge < -0.3 is 10.3 Å². The first kappa shape index (κ1) is 11.3. The van der Waals surface area contributed by atoms with Gasteiger partial charge in [0.15, 0.2) is 5.82 Å². The average molecular weight is 353 g/mol. The maximum atomic E-state index is 5.65. The van der Waals surface area contributed by atoms with E-state index in [1.165, 1.54) is 0 Å². The van der Waals surface area contributed by atoms with E-state index in [4.69, 9.17) is 10.3 Å². The Balaban J connectivity index is 2.41. The van der Waals surface area contributed by atoms with Crippen molar-refractivity contribution in [3.05, 3.63) is 19.5 Å². The molecule has 0 bridgehead atoms. The first-order chi connectivity index (χ1) is 7.08. The third-order valence-corrected chi connectivity index (χ3v) is 4.08. The van der Waals surface area contributed by atoms with Gasteiger partial charge in [-0.2, -0.15) is 4.98 Å². The second kappa shape index (κ2) is 4.32. The summed E-state index contributed by atoms with van der Waals surface area (Å²) in [7, 11) is 0. The highest BCUT2D eigenvalue weighted by atomic mass is 79.9. The van der Waals surface area contributed by atoms with E-state index in [1.807, 2.05) is 13.0 Å². The smallest absolute Gasteiger partial charge is 0.260 e. The Morgan fingerprint density at radius 1 is 1.53 bits per heavy atom. The molecule has 2 N–H and O–H groups in total. The summed E-state index contributed by atoms with van der Waals surface area (Å²) in [5.41, 5.74) is 6.53. The summed E-state index contributed by atoms with van der Waals surface area (Å²) in [6.45, 7) is 1.81. The van der Waals surface area contributed by atoms with Crippen LogP contribution in [-0.4, -0.2) is 10.1 Å². The van der Waals surface area contributed by atoms with Crippen LogP contribution in [0.15, 0.2) is 18.2 Å². The van der Waals surface area contributed by atoms with E-state index in [-0.39, 0.29) is 6.04 Å². The summed E-state index contributed by atoms with van der Waals surface area (Å²) in [6, 6.07) is 1.70. The van der Waals surface area contributed by atoms with Crippen LogP contribution >= 0.6 is 43.2 Å². The standard InChI is InChI=1S/C8H7Br2N3OS/c1-3(11)7-12-8(14-13-7)4-2-5(9)15-6(4)10/h2-3H,11H2,1H3. The number of rotatable bonds is 2. The van der Waals surface area contributed by atoms with Crippen LogP contribution in [0.2, 0.25) is 0 Å². The van der Waals surface area contributed by atoms with Crippen LogP contribution in [0.3, 0.4) is 0 Å². The van der Waals surface area contributed by atoms with Crippen LogP contribution in [-0.2, 0) is 0 Å². The Labute approximate surface area is 107 Å². The van der Waals surface area contributed by atoms with Crippen molar-refractivity contribution in [2.75, 3.05) is 0 Å². The summed E-state index contributed by atoms with van der Waals surface area (Å²) in [5.74, 6) is 0.996. The highest BCUT2D eigenvalue weighted by molar-refractivity contribution is 9.12. The summed E-state index contributed by atoms with van der Waals surface area (Å²) < 4.78 is 7.08. The van der Waals surface area contributed by atoms with Crippen molar-refractivity contribution in [2.45, 2.75) is 13.0 Å². The fraction of sp³-hybridized carbons (Fsp3) is 0.250. The van der Waals surface area contributed by atoms with E-state index in [0.29, 0.717) is 11.7 Å². The van der Waals surface area contributed by atoms with Crippen LogP contribution in [0.25, 0.3) is 11.5 Å². The van der Waals surface area contributed by atoms with Crippen LogP contribution in [0.4, 0.5) is 0 Å². The maximum absolute atomic E-state index is 5.65. The number of aromatic nitrogens is 2. The van der Waals surface area contributed by atoms with Crippen molar-refractivity contribution in [2.24, 2.45) is 5.73 Å². The zero-order chi connectivity index (χ0) is 11.0. The lowest BCUT2D eigenvalue weighted by Gasteiger charge is -1.92. The van der Waals surface area contributed by atoms with Gasteiger partial charge in [-0.1, -0.05) is 5.16 Å². The molecule has 2 aromatic rings. The van der Waals surface area contributed by atoms with Gasteiger partial charge in [0.25, 0.3) is 5.89 Å². The largest absolute Gasteiger partial charge is 0.334 e. The Morgan fingerprint density at radius 2 is 2.27 bits per heavy atom. The Bertz CT molecular complexity index is 480. The van der Waals surface area contributed by atoms with Crippen molar-refractivity contribution < 1.29 is 4.52 Å². The fourth-order valence-corrected chi connectivity index (χ4v) is 3.79. The van der Waals surface area contributed by atoms with Gasteiger partial charge >= 0.3 is 0 Å². The lowest BCUT2D eigenvalue weighted by molar-refractivity contribution is 0.418. The summed E-state index contributed by atoms with van der Waals surface area (Å²) in [4.78, 5) is 4.21. The van der Waals surface area contributed by atoms with Crippen LogP contribution in [0.5, 0.6) is 0 Å². The van der Waals surface area contributed by atoms with Crippen molar-refractivity contribution in [1.29, 1.82) is 0 Å². The van der Waals surface area contributed by atoms with Crippen LogP contribution < -0.4 is 5.73 Å². The van der Waals surface area contributed by atoms with Gasteiger partial charge in [-0.15, -0.1) is 11.3 Å². The van der Waals surface area contributed by atoms with Crippen molar-refractivity contribution in [3.63, 3.8) is 0 Å². The predicted octanol–water partition coefficient (Wildman–Crippen LogP) is 3.34. The SMILES string of the molecule is CC(N)c1noc(-c2cc(Br)sc2Br)n1. The second-order valence-electron chi connectivity index (χ2n) is 2.98. The van der Waals surface area contributed by atoms with Crippen molar-refractivity contribution in [3.8, 4) is 11.5 Å². The minimum absolute atomic E-state index is 0.219. The molecule has 1 atom stereocenters. The van der Waals surface area contributed by atoms with E-state index in [2.05, 4.69) is 42.0 Å². The molecule has 0 aliphatic rings. The molecule has 0 radical (unpaired) electrons. The molecule has 0 aliphatic heterocycles. The molecule has 0 fully saturated rings. The van der Waals surface area contributed by atoms with Gasteiger partial charge in [0, 0.05) is 0 Å². The Kier molecular flexibility index (Phi) is 3.24. The zero-order valence-electron chi connectivity index (χ0n) is 7.70. The molecule has 7 heteroatoms. The lowest BCUT2D eigenvalue weighted by atomic mass is 10.3. The molecule has 2 aromatic heterocycles. The second-order valence-corrected chi connectivity index (χ2v) is 6.73. The quantitative estimate of drug-likeness (QED) is 0.900. The third-order valence-electron chi connectivity index (χ3n) is 1.74. The molecule has 0 saturated carbocycles. The van der Waals surface area contributed by atoms with Gasteiger partial charge in [0.1, 0.15) is 0 Å². The lowest BCUT2D eigenvalue weighted by Crippen LogP contribution is -2.06. The van der Waals surface area contributed by atoms with Crippen molar-refractivity contribution in [1.82, 2.24) is 10.1 Å². The molecule has 15 heavy (non-hydrogen) atoms. The number of thiophene rings is 1. The van der Waals surface area contributed by atoms with Crippen molar-refractivity contribution >= 4 is 43.2 Å². The van der Waals surface area contributed by atoms with E-state index in [9.17, 15) is 0 Å². The van der Waals surface area contributed by atoms with E-state index in [1.54, 1.807) is 11.3 Å². The molecular weight excluding hydrogens is 346 g/mol. The molecule has 2 heterocycles. The number of nitrogens with two attached hydrogens (primary N) is 1. The minimum Gasteiger partial charge on any atom is -0.334 e. The molecular formula is C8H7Br2N3OS. The summed E-state index contributed by atoms with van der Waals surface area (Å²) in [6.07, 6.45) is 0. The normalized spacial score (nSPS) is 13.1. The third kappa shape index (κ3) is 2.30.